The number of benzene rings is 1. The lowest BCUT2D eigenvalue weighted by atomic mass is 10.0. The van der Waals surface area contributed by atoms with E-state index in [9.17, 15) is 9.90 Å². The fraction of sp³-hybridized carbons (Fsp3) is 0.357. The minimum absolute atomic E-state index is 0.197. The molecule has 0 bridgehead atoms. The molecule has 0 fully saturated rings. The van der Waals surface area contributed by atoms with Gasteiger partial charge in [-0.1, -0.05) is 36.2 Å². The summed E-state index contributed by atoms with van der Waals surface area (Å²) in [7, 11) is 0. The van der Waals surface area contributed by atoms with Crippen LogP contribution < -0.4 is 5.32 Å². The van der Waals surface area contributed by atoms with Crippen LogP contribution in [0.5, 0.6) is 0 Å². The number of rotatable bonds is 5. The molecule has 0 radical (unpaired) electrons. The molecule has 104 valence electrons. The first-order valence-electron chi connectivity index (χ1n) is 5.98. The monoisotopic (exact) mass is 301 g/mol. The van der Waals surface area contributed by atoms with E-state index in [4.69, 9.17) is 23.2 Å². The van der Waals surface area contributed by atoms with E-state index in [0.717, 1.165) is 0 Å². The summed E-state index contributed by atoms with van der Waals surface area (Å²) in [5, 5.41) is 13.4. The normalized spacial score (nSPS) is 14.4. The standard InChI is InChI=1S/C14H17Cl2NO2/c1-3-14(2,19)9-17-13(18)8-7-10-11(15)5-4-6-12(10)16/h4-8,19H,3,9H2,1-2H3,(H,17,18). The summed E-state index contributed by atoms with van der Waals surface area (Å²) in [4.78, 5) is 11.6. The number of halogens is 2. The van der Waals surface area contributed by atoms with Gasteiger partial charge in [0.05, 0.1) is 5.60 Å². The molecule has 0 aliphatic heterocycles. The Morgan fingerprint density at radius 3 is 2.53 bits per heavy atom. The second kappa shape index (κ2) is 6.94. The largest absolute Gasteiger partial charge is 0.388 e. The van der Waals surface area contributed by atoms with Gasteiger partial charge in [0.25, 0.3) is 0 Å². The van der Waals surface area contributed by atoms with Gasteiger partial charge in [-0.3, -0.25) is 4.79 Å². The number of nitrogens with one attached hydrogen (secondary N) is 1. The third kappa shape index (κ3) is 5.23. The maximum Gasteiger partial charge on any atom is 0.244 e. The molecule has 1 atom stereocenters. The van der Waals surface area contributed by atoms with Crippen LogP contribution in [-0.4, -0.2) is 23.2 Å². The Bertz CT molecular complexity index is 464. The van der Waals surface area contributed by atoms with Crippen molar-refractivity contribution in [2.45, 2.75) is 25.9 Å². The van der Waals surface area contributed by atoms with Crippen LogP contribution in [-0.2, 0) is 4.79 Å². The summed E-state index contributed by atoms with van der Waals surface area (Å²) >= 11 is 12.0. The van der Waals surface area contributed by atoms with Crippen molar-refractivity contribution in [1.29, 1.82) is 0 Å². The Morgan fingerprint density at radius 1 is 1.42 bits per heavy atom. The van der Waals surface area contributed by atoms with Gasteiger partial charge in [-0.2, -0.15) is 0 Å². The Morgan fingerprint density at radius 2 is 2.00 bits per heavy atom. The molecule has 3 nitrogen and oxygen atoms in total. The number of hydrogen-bond acceptors (Lipinski definition) is 2. The summed E-state index contributed by atoms with van der Waals surface area (Å²) in [6.45, 7) is 3.72. The Hall–Kier alpha value is -1.03. The number of carbonyl (C=O) groups is 1. The highest BCUT2D eigenvalue weighted by atomic mass is 35.5. The molecule has 0 aromatic heterocycles. The lowest BCUT2D eigenvalue weighted by Crippen LogP contribution is -2.39. The van der Waals surface area contributed by atoms with Crippen molar-refractivity contribution in [1.82, 2.24) is 5.32 Å². The van der Waals surface area contributed by atoms with Crippen molar-refractivity contribution in [3.05, 3.63) is 39.9 Å². The van der Waals surface area contributed by atoms with E-state index < -0.39 is 5.60 Å². The van der Waals surface area contributed by atoms with Gasteiger partial charge >= 0.3 is 0 Å². The van der Waals surface area contributed by atoms with Gasteiger partial charge in [-0.05, 0) is 31.6 Å². The Balaban J connectivity index is 2.64. The molecular weight excluding hydrogens is 285 g/mol. The molecular formula is C14H17Cl2NO2. The van der Waals surface area contributed by atoms with Crippen molar-refractivity contribution in [3.8, 4) is 0 Å². The zero-order valence-electron chi connectivity index (χ0n) is 10.9. The highest BCUT2D eigenvalue weighted by molar-refractivity contribution is 6.37. The number of carbonyl (C=O) groups excluding carboxylic acids is 1. The quantitative estimate of drug-likeness (QED) is 0.820. The lowest BCUT2D eigenvalue weighted by Gasteiger charge is -2.20. The van der Waals surface area contributed by atoms with Gasteiger partial charge in [0.15, 0.2) is 0 Å². The predicted molar refractivity (Wildman–Crippen MR) is 79.4 cm³/mol. The van der Waals surface area contributed by atoms with E-state index in [-0.39, 0.29) is 12.5 Å². The minimum atomic E-state index is -0.897. The average Bonchev–Trinajstić information content (AvgIpc) is 2.36. The van der Waals surface area contributed by atoms with Crippen molar-refractivity contribution < 1.29 is 9.90 Å². The van der Waals surface area contributed by atoms with Crippen LogP contribution in [0.15, 0.2) is 24.3 Å². The molecule has 0 heterocycles. The molecule has 19 heavy (non-hydrogen) atoms. The van der Waals surface area contributed by atoms with Crippen molar-refractivity contribution >= 4 is 35.2 Å². The van der Waals surface area contributed by atoms with E-state index in [1.54, 1.807) is 31.2 Å². The summed E-state index contributed by atoms with van der Waals surface area (Å²) in [6, 6.07) is 5.14. The Kier molecular flexibility index (Phi) is 5.85. The van der Waals surface area contributed by atoms with Gasteiger partial charge < -0.3 is 10.4 Å². The second-order valence-corrected chi connectivity index (χ2v) is 5.35. The highest BCUT2D eigenvalue weighted by Crippen LogP contribution is 2.25. The van der Waals surface area contributed by atoms with Crippen molar-refractivity contribution in [2.75, 3.05) is 6.54 Å². The molecule has 0 aliphatic rings. The zero-order chi connectivity index (χ0) is 14.5. The number of aliphatic hydroxyl groups is 1. The van der Waals surface area contributed by atoms with E-state index in [0.29, 0.717) is 22.0 Å². The third-order valence-electron chi connectivity index (χ3n) is 2.81. The number of amides is 1. The average molecular weight is 302 g/mol. The van der Waals surface area contributed by atoms with Crippen LogP contribution in [0.3, 0.4) is 0 Å². The SMILES string of the molecule is CCC(C)(O)CNC(=O)C=Cc1c(Cl)cccc1Cl. The summed E-state index contributed by atoms with van der Waals surface area (Å²) in [5.74, 6) is -0.301. The van der Waals surface area contributed by atoms with E-state index in [2.05, 4.69) is 5.32 Å². The first kappa shape index (κ1) is 16.0. The maximum absolute atomic E-state index is 11.6. The fourth-order valence-corrected chi connectivity index (χ4v) is 1.81. The van der Waals surface area contributed by atoms with Crippen molar-refractivity contribution in [3.63, 3.8) is 0 Å². The first-order chi connectivity index (χ1) is 8.85. The molecule has 0 saturated carbocycles. The van der Waals surface area contributed by atoms with E-state index >= 15 is 0 Å². The molecule has 1 aromatic rings. The molecule has 0 spiro atoms. The van der Waals surface area contributed by atoms with Gasteiger partial charge in [0.1, 0.15) is 0 Å². The zero-order valence-corrected chi connectivity index (χ0v) is 12.4. The molecule has 1 amide bonds. The highest BCUT2D eigenvalue weighted by Gasteiger charge is 2.17. The summed E-state index contributed by atoms with van der Waals surface area (Å²) < 4.78 is 0. The van der Waals surface area contributed by atoms with Gasteiger partial charge in [0, 0.05) is 28.2 Å². The Labute approximate surface area is 123 Å². The fourth-order valence-electron chi connectivity index (χ4n) is 1.29. The molecule has 2 N–H and O–H groups in total. The van der Waals surface area contributed by atoms with Gasteiger partial charge in [-0.15, -0.1) is 0 Å². The molecule has 5 heteroatoms. The third-order valence-corrected chi connectivity index (χ3v) is 3.47. The second-order valence-electron chi connectivity index (χ2n) is 4.54. The summed E-state index contributed by atoms with van der Waals surface area (Å²) in [5.41, 5.74) is -0.297. The summed E-state index contributed by atoms with van der Waals surface area (Å²) in [6.07, 6.45) is 3.47. The van der Waals surface area contributed by atoms with E-state index in [1.165, 1.54) is 6.08 Å². The van der Waals surface area contributed by atoms with Crippen LogP contribution in [0, 0.1) is 0 Å². The molecule has 1 rings (SSSR count). The topological polar surface area (TPSA) is 49.3 Å². The van der Waals surface area contributed by atoms with Gasteiger partial charge in [0.2, 0.25) is 5.91 Å². The predicted octanol–water partition coefficient (Wildman–Crippen LogP) is 3.28. The lowest BCUT2D eigenvalue weighted by molar-refractivity contribution is -0.117. The molecule has 1 aromatic carbocycles. The smallest absolute Gasteiger partial charge is 0.244 e. The number of hydrogen-bond donors (Lipinski definition) is 2. The van der Waals surface area contributed by atoms with Crippen LogP contribution in [0.4, 0.5) is 0 Å². The van der Waals surface area contributed by atoms with Crippen LogP contribution in [0.1, 0.15) is 25.8 Å². The van der Waals surface area contributed by atoms with Crippen molar-refractivity contribution in [2.24, 2.45) is 0 Å². The van der Waals surface area contributed by atoms with E-state index in [1.807, 2.05) is 6.92 Å². The molecule has 0 saturated heterocycles. The maximum atomic E-state index is 11.6. The van der Waals surface area contributed by atoms with Gasteiger partial charge in [-0.25, -0.2) is 0 Å². The van der Waals surface area contributed by atoms with Crippen LogP contribution >= 0.6 is 23.2 Å². The van der Waals surface area contributed by atoms with Crippen LogP contribution in [0.2, 0.25) is 10.0 Å². The first-order valence-corrected chi connectivity index (χ1v) is 6.73. The minimum Gasteiger partial charge on any atom is -0.388 e. The molecule has 1 unspecified atom stereocenters. The van der Waals surface area contributed by atoms with Crippen LogP contribution in [0.25, 0.3) is 6.08 Å². The molecule has 0 aliphatic carbocycles.